The summed E-state index contributed by atoms with van der Waals surface area (Å²) in [6.07, 6.45) is 0. The molecule has 0 saturated carbocycles. The molecule has 0 aliphatic rings. The zero-order chi connectivity index (χ0) is 4.28. The molecule has 0 fully saturated rings. The van der Waals surface area contributed by atoms with Gasteiger partial charge in [0.2, 0.25) is 0 Å². The van der Waals surface area contributed by atoms with Crippen molar-refractivity contribution in [3.63, 3.8) is 0 Å². The van der Waals surface area contributed by atoms with Gasteiger partial charge >= 0.3 is 0 Å². The summed E-state index contributed by atoms with van der Waals surface area (Å²) < 4.78 is 10.5. The monoisotopic (exact) mass is 76.0 g/mol. The van der Waals surface area contributed by atoms with E-state index in [2.05, 4.69) is 11.5 Å². The maximum atomic E-state index is 10.5. The van der Waals surface area contributed by atoms with Crippen LogP contribution in [0.15, 0.2) is 12.3 Å². The molecular weight excluding hydrogens is 71.0 g/mol. The quantitative estimate of drug-likeness (QED) is 0.429. The highest BCUT2D eigenvalue weighted by Gasteiger charge is 1.71. The summed E-state index contributed by atoms with van der Waals surface area (Å²) in [6.45, 7) is 4.51. The molecule has 0 unspecified atom stereocenters. The van der Waals surface area contributed by atoms with Crippen LogP contribution in [0.4, 0.5) is 4.53 Å². The lowest BCUT2D eigenvalue weighted by Gasteiger charge is -1.79. The Balaban J connectivity index is 2.85. The van der Waals surface area contributed by atoms with Crippen LogP contribution in [0.3, 0.4) is 0 Å². The first-order valence-corrected chi connectivity index (χ1v) is 1.21. The van der Waals surface area contributed by atoms with Crippen molar-refractivity contribution in [1.29, 1.82) is 0 Å². The first kappa shape index (κ1) is 4.47. The molecular formula is C3H5FO. The minimum absolute atomic E-state index is 0.0880. The fourth-order valence-electron chi connectivity index (χ4n) is 0. The van der Waals surface area contributed by atoms with Crippen molar-refractivity contribution in [2.75, 3.05) is 0 Å². The first-order valence-electron chi connectivity index (χ1n) is 1.21. The van der Waals surface area contributed by atoms with Crippen molar-refractivity contribution in [3.05, 3.63) is 12.3 Å². The van der Waals surface area contributed by atoms with Gasteiger partial charge in [0.05, 0.1) is 0 Å². The topological polar surface area (TPSA) is 9.23 Å². The van der Waals surface area contributed by atoms with Crippen LogP contribution in [0.25, 0.3) is 0 Å². The maximum absolute atomic E-state index is 10.5. The highest BCUT2D eigenvalue weighted by molar-refractivity contribution is 4.69. The van der Waals surface area contributed by atoms with Crippen molar-refractivity contribution in [2.24, 2.45) is 0 Å². The second kappa shape index (κ2) is 1.76. The molecule has 0 aromatic rings. The Labute approximate surface area is 30.0 Å². The van der Waals surface area contributed by atoms with Gasteiger partial charge in [0.25, 0.3) is 0 Å². The molecule has 0 aromatic carbocycles. The lowest BCUT2D eigenvalue weighted by atomic mass is 10.7. The maximum Gasteiger partial charge on any atom is 0.138 e. The summed E-state index contributed by atoms with van der Waals surface area (Å²) in [5.74, 6) is 0.0880. The van der Waals surface area contributed by atoms with Gasteiger partial charge < -0.3 is 0 Å². The molecule has 0 radical (unpaired) electrons. The number of allylic oxidation sites excluding steroid dienone is 1. The SMILES string of the molecule is C=C(C)OF. The number of hydrogen-bond donors (Lipinski definition) is 0. The Morgan fingerprint density at radius 2 is 2.20 bits per heavy atom. The van der Waals surface area contributed by atoms with Crippen LogP contribution in [0, 0.1) is 0 Å². The molecule has 0 atom stereocenters. The van der Waals surface area contributed by atoms with Gasteiger partial charge in [-0.05, 0) is 6.92 Å². The summed E-state index contributed by atoms with van der Waals surface area (Å²) in [5.41, 5.74) is 0. The van der Waals surface area contributed by atoms with E-state index in [1.165, 1.54) is 6.92 Å². The van der Waals surface area contributed by atoms with Crippen molar-refractivity contribution in [1.82, 2.24) is 0 Å². The minimum atomic E-state index is 0.0880. The molecule has 0 N–H and O–H groups in total. The molecule has 30 valence electrons. The summed E-state index contributed by atoms with van der Waals surface area (Å²) >= 11 is 0. The van der Waals surface area contributed by atoms with E-state index in [4.69, 9.17) is 0 Å². The highest BCUT2D eigenvalue weighted by atomic mass is 19.3. The van der Waals surface area contributed by atoms with Gasteiger partial charge in [-0.25, -0.2) is 0 Å². The number of rotatable bonds is 1. The van der Waals surface area contributed by atoms with Gasteiger partial charge in [-0.2, -0.15) is 0 Å². The van der Waals surface area contributed by atoms with Crippen molar-refractivity contribution in [2.45, 2.75) is 6.92 Å². The Hall–Kier alpha value is -0.530. The molecule has 0 saturated heterocycles. The molecule has 0 spiro atoms. The summed E-state index contributed by atoms with van der Waals surface area (Å²) in [5, 5.41) is 0. The van der Waals surface area contributed by atoms with Gasteiger partial charge in [-0.1, -0.05) is 6.58 Å². The van der Waals surface area contributed by atoms with E-state index in [9.17, 15) is 4.53 Å². The van der Waals surface area contributed by atoms with Crippen LogP contribution in [0.1, 0.15) is 6.92 Å². The predicted octanol–water partition coefficient (Wildman–Crippen LogP) is 1.42. The zero-order valence-corrected chi connectivity index (χ0v) is 2.99. The van der Waals surface area contributed by atoms with Gasteiger partial charge in [0.1, 0.15) is 5.76 Å². The number of halogens is 1. The summed E-state index contributed by atoms with van der Waals surface area (Å²) in [4.78, 5) is 3.06. The van der Waals surface area contributed by atoms with E-state index in [0.717, 1.165) is 0 Å². The molecule has 0 aliphatic carbocycles. The Morgan fingerprint density at radius 1 is 2.00 bits per heavy atom. The third-order valence-electron chi connectivity index (χ3n) is 0.132. The first-order chi connectivity index (χ1) is 2.27. The summed E-state index contributed by atoms with van der Waals surface area (Å²) in [6, 6.07) is 0. The van der Waals surface area contributed by atoms with Crippen LogP contribution < -0.4 is 0 Å². The van der Waals surface area contributed by atoms with Gasteiger partial charge in [0, 0.05) is 4.53 Å². The van der Waals surface area contributed by atoms with Crippen molar-refractivity contribution < 1.29 is 9.47 Å². The lowest BCUT2D eigenvalue weighted by molar-refractivity contribution is -0.0812. The standard InChI is InChI=1S/C3H5FO/c1-3(2)5-4/h1H2,2H3. The minimum Gasteiger partial charge on any atom is -0.300 e. The molecule has 1 nitrogen and oxygen atoms in total. The fraction of sp³-hybridized carbons (Fsp3) is 0.333. The van der Waals surface area contributed by atoms with Crippen LogP contribution in [-0.4, -0.2) is 0 Å². The van der Waals surface area contributed by atoms with E-state index in [1.54, 1.807) is 0 Å². The molecule has 0 amide bonds. The van der Waals surface area contributed by atoms with E-state index in [-0.39, 0.29) is 5.76 Å². The van der Waals surface area contributed by atoms with Crippen LogP contribution >= 0.6 is 0 Å². The van der Waals surface area contributed by atoms with Gasteiger partial charge in [-0.3, -0.25) is 4.94 Å². The van der Waals surface area contributed by atoms with Crippen LogP contribution in [0.2, 0.25) is 0 Å². The Bertz CT molecular complexity index is 42.2. The number of hydrogen-bond acceptors (Lipinski definition) is 1. The highest BCUT2D eigenvalue weighted by Crippen LogP contribution is 1.85. The van der Waals surface area contributed by atoms with Crippen molar-refractivity contribution >= 4 is 0 Å². The average Bonchev–Trinajstić information content (AvgIpc) is 1.38. The Morgan fingerprint density at radius 3 is 2.20 bits per heavy atom. The zero-order valence-electron chi connectivity index (χ0n) is 2.99. The van der Waals surface area contributed by atoms with E-state index < -0.39 is 0 Å². The molecule has 0 bridgehead atoms. The van der Waals surface area contributed by atoms with Gasteiger partial charge in [-0.15, -0.1) is 0 Å². The second-order valence-electron chi connectivity index (χ2n) is 0.779. The second-order valence-corrected chi connectivity index (χ2v) is 0.779. The van der Waals surface area contributed by atoms with E-state index in [1.807, 2.05) is 0 Å². The average molecular weight is 76.1 g/mol. The summed E-state index contributed by atoms with van der Waals surface area (Å²) in [7, 11) is 0. The largest absolute Gasteiger partial charge is 0.300 e. The normalized spacial score (nSPS) is 6.80. The molecule has 0 aliphatic heterocycles. The van der Waals surface area contributed by atoms with Crippen LogP contribution in [-0.2, 0) is 4.94 Å². The molecule has 0 heterocycles. The van der Waals surface area contributed by atoms with Crippen LogP contribution in [0.5, 0.6) is 0 Å². The molecule has 2 heteroatoms. The van der Waals surface area contributed by atoms with E-state index in [0.29, 0.717) is 0 Å². The lowest BCUT2D eigenvalue weighted by Crippen LogP contribution is -1.63. The molecule has 0 rings (SSSR count). The molecule has 0 aromatic heterocycles. The third kappa shape index (κ3) is 3.47. The van der Waals surface area contributed by atoms with Crippen molar-refractivity contribution in [3.8, 4) is 0 Å². The smallest absolute Gasteiger partial charge is 0.138 e. The molecule has 5 heavy (non-hydrogen) atoms. The third-order valence-corrected chi connectivity index (χ3v) is 0.132. The van der Waals surface area contributed by atoms with Gasteiger partial charge in [0.15, 0.2) is 0 Å². The Kier molecular flexibility index (Phi) is 1.57. The predicted molar refractivity (Wildman–Crippen MR) is 17.0 cm³/mol. The van der Waals surface area contributed by atoms with E-state index >= 15 is 0 Å². The fourth-order valence-corrected chi connectivity index (χ4v) is 0.